The molecule has 1 fully saturated rings. The van der Waals surface area contributed by atoms with Gasteiger partial charge in [-0.1, -0.05) is 19.1 Å². The average molecular weight is 550 g/mol. The number of anilines is 1. The second-order valence-electron chi connectivity index (χ2n) is 11.2. The zero-order valence-electron chi connectivity index (χ0n) is 24.0. The Morgan fingerprint density at radius 3 is 2.56 bits per heavy atom. The molecule has 4 rings (SSSR count). The van der Waals surface area contributed by atoms with Crippen LogP contribution in [-0.2, 0) is 10.2 Å². The lowest BCUT2D eigenvalue weighted by molar-refractivity contribution is -0.126. The Kier molecular flexibility index (Phi) is 8.33. The molecule has 0 aliphatic heterocycles. The van der Waals surface area contributed by atoms with Crippen LogP contribution in [0.25, 0.3) is 16.8 Å². The van der Waals surface area contributed by atoms with E-state index in [9.17, 15) is 14.9 Å². The highest BCUT2D eigenvalue weighted by Crippen LogP contribution is 2.45. The maximum atomic E-state index is 13.1. The number of nitriles is 1. The van der Waals surface area contributed by atoms with Gasteiger partial charge in [-0.2, -0.15) is 5.26 Å². The van der Waals surface area contributed by atoms with Crippen molar-refractivity contribution < 1.29 is 9.59 Å². The van der Waals surface area contributed by atoms with Crippen molar-refractivity contribution in [2.24, 2.45) is 11.1 Å². The van der Waals surface area contributed by atoms with Crippen LogP contribution < -0.4 is 16.4 Å². The van der Waals surface area contributed by atoms with Gasteiger partial charge in [-0.3, -0.25) is 14.6 Å². The summed E-state index contributed by atoms with van der Waals surface area (Å²) in [5, 5.41) is 15.4. The van der Waals surface area contributed by atoms with Crippen molar-refractivity contribution in [1.82, 2.24) is 20.3 Å². The van der Waals surface area contributed by atoms with E-state index in [1.807, 2.05) is 45.0 Å². The van der Waals surface area contributed by atoms with Crippen molar-refractivity contribution in [3.8, 4) is 17.3 Å². The quantitative estimate of drug-likeness (QED) is 0.316. The summed E-state index contributed by atoms with van der Waals surface area (Å²) >= 11 is 0. The van der Waals surface area contributed by atoms with Gasteiger partial charge in [0.15, 0.2) is 5.82 Å². The number of carbonyl (C=O) groups excluding carboxylic acids is 2. The molecule has 9 nitrogen and oxygen atoms in total. The highest BCUT2D eigenvalue weighted by Gasteiger charge is 2.45. The highest BCUT2D eigenvalue weighted by atomic mass is 16.2. The Bertz CT molecular complexity index is 1580. The molecule has 210 valence electrons. The van der Waals surface area contributed by atoms with Gasteiger partial charge in [0, 0.05) is 46.2 Å². The van der Waals surface area contributed by atoms with E-state index in [2.05, 4.69) is 26.7 Å². The van der Waals surface area contributed by atoms with Gasteiger partial charge in [0.25, 0.3) is 5.91 Å². The first-order chi connectivity index (χ1) is 19.5. The summed E-state index contributed by atoms with van der Waals surface area (Å²) in [6, 6.07) is 12.6. The molecule has 1 unspecified atom stereocenters. The predicted octanol–water partition coefficient (Wildman–Crippen LogP) is 5.06. The van der Waals surface area contributed by atoms with Crippen LogP contribution in [0.3, 0.4) is 0 Å². The maximum Gasteiger partial charge on any atom is 0.255 e. The van der Waals surface area contributed by atoms with E-state index in [0.717, 1.165) is 24.0 Å². The molecule has 0 spiro atoms. The molecule has 2 heterocycles. The van der Waals surface area contributed by atoms with Crippen LogP contribution in [-0.4, -0.2) is 32.8 Å². The number of benzene rings is 1. The van der Waals surface area contributed by atoms with Crippen LogP contribution in [0.2, 0.25) is 0 Å². The average Bonchev–Trinajstić information content (AvgIpc) is 3.72. The zero-order valence-corrected chi connectivity index (χ0v) is 24.0. The van der Waals surface area contributed by atoms with Gasteiger partial charge >= 0.3 is 0 Å². The van der Waals surface area contributed by atoms with Crippen molar-refractivity contribution in [1.29, 1.82) is 5.26 Å². The molecule has 0 radical (unpaired) electrons. The van der Waals surface area contributed by atoms with E-state index in [1.54, 1.807) is 44.3 Å². The highest BCUT2D eigenvalue weighted by molar-refractivity contribution is 6.04. The first kappa shape index (κ1) is 29.2. The molecule has 2 aromatic heterocycles. The fourth-order valence-electron chi connectivity index (χ4n) is 4.21. The van der Waals surface area contributed by atoms with Gasteiger partial charge in [0.05, 0.1) is 22.9 Å². The third-order valence-corrected chi connectivity index (χ3v) is 7.24. The molecule has 1 aliphatic carbocycles. The molecule has 1 saturated carbocycles. The second-order valence-corrected chi connectivity index (χ2v) is 11.2. The molecule has 1 aliphatic rings. The number of carbonyl (C=O) groups is 2. The number of pyridine rings is 1. The van der Waals surface area contributed by atoms with Crippen molar-refractivity contribution in [2.75, 3.05) is 5.32 Å². The van der Waals surface area contributed by atoms with Crippen molar-refractivity contribution >= 4 is 23.1 Å². The number of amides is 2. The van der Waals surface area contributed by atoms with E-state index in [0.29, 0.717) is 34.0 Å². The summed E-state index contributed by atoms with van der Waals surface area (Å²) in [5.74, 6) is 0.189. The molecule has 0 saturated heterocycles. The largest absolute Gasteiger partial charge is 0.405 e. The molecular weight excluding hydrogens is 514 g/mol. The number of aryl methyl sites for hydroxylation is 1. The summed E-state index contributed by atoms with van der Waals surface area (Å²) in [6.07, 6.45) is 10.0. The standard InChI is InChI=1S/C32H35N7O2/c1-20-6-7-24(38-29(40)23-9-14-35-27(17-23)31(3,4)19-34)18-25(20)26-10-15-36-28(39-26)22(8-13-33)16-21(2)37-30(41)32(5)11-12-32/h6-10,13-18,21H,11-12,33H2,1-5H3,(H,37,41)(H,38,40)/b13-8-,22-16+. The minimum absolute atomic E-state index is 0.0400. The van der Waals surface area contributed by atoms with Crippen LogP contribution in [0.1, 0.15) is 68.0 Å². The van der Waals surface area contributed by atoms with Crippen LogP contribution >= 0.6 is 0 Å². The van der Waals surface area contributed by atoms with E-state index in [1.165, 1.54) is 12.4 Å². The fourth-order valence-corrected chi connectivity index (χ4v) is 4.21. The van der Waals surface area contributed by atoms with Crippen molar-refractivity contribution in [3.63, 3.8) is 0 Å². The number of hydrogen-bond acceptors (Lipinski definition) is 7. The summed E-state index contributed by atoms with van der Waals surface area (Å²) < 4.78 is 0. The Labute approximate surface area is 240 Å². The van der Waals surface area contributed by atoms with Gasteiger partial charge < -0.3 is 16.4 Å². The Morgan fingerprint density at radius 2 is 1.88 bits per heavy atom. The number of nitrogens with two attached hydrogens (primary N) is 1. The molecule has 1 atom stereocenters. The van der Waals surface area contributed by atoms with Gasteiger partial charge in [-0.25, -0.2) is 9.97 Å². The number of nitrogens with one attached hydrogen (secondary N) is 2. The van der Waals surface area contributed by atoms with Crippen LogP contribution in [0.15, 0.2) is 67.1 Å². The lowest BCUT2D eigenvalue weighted by atomic mass is 9.90. The van der Waals surface area contributed by atoms with E-state index >= 15 is 0 Å². The summed E-state index contributed by atoms with van der Waals surface area (Å²) in [4.78, 5) is 39.1. The summed E-state index contributed by atoms with van der Waals surface area (Å²) in [6.45, 7) is 9.35. The van der Waals surface area contributed by atoms with E-state index in [4.69, 9.17) is 10.7 Å². The first-order valence-corrected chi connectivity index (χ1v) is 13.5. The summed E-state index contributed by atoms with van der Waals surface area (Å²) in [7, 11) is 0. The zero-order chi connectivity index (χ0) is 29.8. The minimum Gasteiger partial charge on any atom is -0.405 e. The molecular formula is C32H35N7O2. The van der Waals surface area contributed by atoms with Gasteiger partial charge in [0.2, 0.25) is 5.91 Å². The minimum atomic E-state index is -0.816. The third kappa shape index (κ3) is 6.84. The predicted molar refractivity (Wildman–Crippen MR) is 159 cm³/mol. The number of hydrogen-bond donors (Lipinski definition) is 3. The number of aromatic nitrogens is 3. The first-order valence-electron chi connectivity index (χ1n) is 13.5. The summed E-state index contributed by atoms with van der Waals surface area (Å²) in [5.41, 5.74) is 9.31. The molecule has 2 amide bonds. The maximum absolute atomic E-state index is 13.1. The lowest BCUT2D eigenvalue weighted by Crippen LogP contribution is -2.36. The molecule has 41 heavy (non-hydrogen) atoms. The molecule has 9 heteroatoms. The molecule has 1 aromatic carbocycles. The molecule has 0 bridgehead atoms. The number of rotatable bonds is 9. The van der Waals surface area contributed by atoms with E-state index < -0.39 is 5.41 Å². The van der Waals surface area contributed by atoms with Crippen LogP contribution in [0.5, 0.6) is 0 Å². The SMILES string of the molecule is Cc1ccc(NC(=O)c2ccnc(C(C)(C)C#N)c2)cc1-c1ccnc(C(/C=C\N)=C/C(C)NC(=O)C2(C)CC2)n1. The smallest absolute Gasteiger partial charge is 0.255 e. The topological polar surface area (TPSA) is 147 Å². The normalized spacial score (nSPS) is 15.2. The van der Waals surface area contributed by atoms with Crippen LogP contribution in [0, 0.1) is 23.7 Å². The fraction of sp³-hybridized carbons (Fsp3) is 0.312. The van der Waals surface area contributed by atoms with Gasteiger partial charge in [-0.15, -0.1) is 0 Å². The lowest BCUT2D eigenvalue weighted by Gasteiger charge is -2.16. The second kappa shape index (κ2) is 11.7. The van der Waals surface area contributed by atoms with Crippen LogP contribution in [0.4, 0.5) is 5.69 Å². The Morgan fingerprint density at radius 1 is 1.15 bits per heavy atom. The Hall–Kier alpha value is -4.84. The number of nitrogens with zero attached hydrogens (tertiary/aromatic N) is 4. The van der Waals surface area contributed by atoms with Gasteiger partial charge in [0.1, 0.15) is 0 Å². The van der Waals surface area contributed by atoms with Crippen molar-refractivity contribution in [3.05, 3.63) is 89.8 Å². The monoisotopic (exact) mass is 549 g/mol. The van der Waals surface area contributed by atoms with E-state index in [-0.39, 0.29) is 23.3 Å². The van der Waals surface area contributed by atoms with Crippen molar-refractivity contribution in [2.45, 2.75) is 58.9 Å². The number of allylic oxidation sites excluding steroid dienone is 2. The third-order valence-electron chi connectivity index (χ3n) is 7.24. The van der Waals surface area contributed by atoms with Gasteiger partial charge in [-0.05, 0) is 88.7 Å². The Balaban J connectivity index is 1.58. The molecule has 4 N–H and O–H groups in total. The molecule has 3 aromatic rings.